The van der Waals surface area contributed by atoms with E-state index in [1.807, 2.05) is 13.8 Å². The van der Waals surface area contributed by atoms with Gasteiger partial charge in [-0.25, -0.2) is 4.79 Å². The monoisotopic (exact) mass is 269 g/mol. The van der Waals surface area contributed by atoms with Crippen LogP contribution >= 0.6 is 0 Å². The Bertz CT molecular complexity index is 315. The van der Waals surface area contributed by atoms with E-state index < -0.39 is 12.0 Å². The largest absolute Gasteiger partial charge is 0.480 e. The fourth-order valence-corrected chi connectivity index (χ4v) is 2.85. The van der Waals surface area contributed by atoms with E-state index in [1.165, 1.54) is 12.8 Å². The Morgan fingerprint density at radius 1 is 1.21 bits per heavy atom. The normalized spacial score (nSPS) is 25.7. The number of hydrogen-bond acceptors (Lipinski definition) is 2. The van der Waals surface area contributed by atoms with E-state index in [0.717, 1.165) is 19.3 Å². The van der Waals surface area contributed by atoms with Crippen LogP contribution in [0, 0.1) is 17.8 Å². The molecule has 1 rings (SSSR count). The summed E-state index contributed by atoms with van der Waals surface area (Å²) in [5.41, 5.74) is 0. The van der Waals surface area contributed by atoms with Gasteiger partial charge in [-0.3, -0.25) is 4.79 Å². The zero-order valence-corrected chi connectivity index (χ0v) is 12.3. The highest BCUT2D eigenvalue weighted by Gasteiger charge is 2.30. The van der Waals surface area contributed by atoms with E-state index in [-0.39, 0.29) is 17.7 Å². The number of hydrogen-bond donors (Lipinski definition) is 2. The highest BCUT2D eigenvalue weighted by Crippen LogP contribution is 2.28. The maximum Gasteiger partial charge on any atom is 0.326 e. The van der Waals surface area contributed by atoms with Gasteiger partial charge in [-0.15, -0.1) is 0 Å². The molecule has 1 saturated carbocycles. The lowest BCUT2D eigenvalue weighted by atomic mass is 9.88. The highest BCUT2D eigenvalue weighted by molar-refractivity contribution is 5.85. The first-order valence-corrected chi connectivity index (χ1v) is 7.45. The summed E-state index contributed by atoms with van der Waals surface area (Å²) in [6.45, 7) is 6.04. The van der Waals surface area contributed by atoms with Gasteiger partial charge in [0.2, 0.25) is 5.91 Å². The van der Waals surface area contributed by atoms with Crippen molar-refractivity contribution in [3.8, 4) is 0 Å². The third kappa shape index (κ3) is 5.21. The number of nitrogens with one attached hydrogen (secondary N) is 1. The summed E-state index contributed by atoms with van der Waals surface area (Å²) in [5.74, 6) is -0.397. The van der Waals surface area contributed by atoms with Crippen LogP contribution in [0.4, 0.5) is 0 Å². The molecule has 4 nitrogen and oxygen atoms in total. The lowest BCUT2D eigenvalue weighted by Crippen LogP contribution is -2.45. The molecule has 3 atom stereocenters. The fraction of sp³-hybridized carbons (Fsp3) is 0.867. The number of amides is 1. The quantitative estimate of drug-likeness (QED) is 0.754. The Kier molecular flexibility index (Phi) is 6.32. The zero-order valence-electron chi connectivity index (χ0n) is 12.3. The van der Waals surface area contributed by atoms with Crippen LogP contribution in [-0.4, -0.2) is 23.0 Å². The molecule has 1 aliphatic carbocycles. The summed E-state index contributed by atoms with van der Waals surface area (Å²) in [7, 11) is 0. The minimum Gasteiger partial charge on any atom is -0.480 e. The number of aliphatic carboxylic acids is 1. The molecule has 0 bridgehead atoms. The van der Waals surface area contributed by atoms with Crippen molar-refractivity contribution in [2.45, 2.75) is 65.3 Å². The number of rotatable bonds is 5. The Balaban J connectivity index is 2.61. The molecule has 0 aliphatic heterocycles. The van der Waals surface area contributed by atoms with Crippen molar-refractivity contribution in [1.29, 1.82) is 0 Å². The molecule has 1 aliphatic rings. The Morgan fingerprint density at radius 2 is 1.84 bits per heavy atom. The van der Waals surface area contributed by atoms with Gasteiger partial charge in [0.1, 0.15) is 6.04 Å². The average Bonchev–Trinajstić information content (AvgIpc) is 2.52. The molecule has 0 aromatic heterocycles. The van der Waals surface area contributed by atoms with Crippen molar-refractivity contribution >= 4 is 11.9 Å². The lowest BCUT2D eigenvalue weighted by molar-refractivity contribution is -0.143. The summed E-state index contributed by atoms with van der Waals surface area (Å²) in [6.07, 6.45) is 5.88. The van der Waals surface area contributed by atoms with Crippen LogP contribution in [0.5, 0.6) is 0 Å². The van der Waals surface area contributed by atoms with Crippen LogP contribution in [0.25, 0.3) is 0 Å². The minimum atomic E-state index is -0.927. The van der Waals surface area contributed by atoms with E-state index >= 15 is 0 Å². The van der Waals surface area contributed by atoms with E-state index in [9.17, 15) is 14.7 Å². The molecular weight excluding hydrogens is 242 g/mol. The Labute approximate surface area is 116 Å². The summed E-state index contributed by atoms with van der Waals surface area (Å²) in [4.78, 5) is 23.5. The standard InChI is InChI=1S/C15H27NO3/c1-10(2)9-13(15(18)19)16-14(17)12-8-6-4-5-7-11(12)3/h10-13H,4-9H2,1-3H3,(H,16,17)(H,18,19)/t11?,12?,13-/m0/s1. The fourth-order valence-electron chi connectivity index (χ4n) is 2.85. The van der Waals surface area contributed by atoms with Gasteiger partial charge in [0, 0.05) is 5.92 Å². The second-order valence-corrected chi connectivity index (χ2v) is 6.25. The van der Waals surface area contributed by atoms with Crippen LogP contribution in [-0.2, 0) is 9.59 Å². The van der Waals surface area contributed by atoms with Crippen molar-refractivity contribution in [2.75, 3.05) is 0 Å². The Hall–Kier alpha value is -1.06. The molecule has 0 aromatic rings. The van der Waals surface area contributed by atoms with Crippen LogP contribution in [0.3, 0.4) is 0 Å². The first-order chi connectivity index (χ1) is 8.91. The summed E-state index contributed by atoms with van der Waals surface area (Å²) in [5, 5.41) is 11.9. The van der Waals surface area contributed by atoms with Gasteiger partial charge in [0.15, 0.2) is 0 Å². The molecular formula is C15H27NO3. The second kappa shape index (κ2) is 7.51. The minimum absolute atomic E-state index is 0.0171. The van der Waals surface area contributed by atoms with Crippen LogP contribution < -0.4 is 5.32 Å². The summed E-state index contributed by atoms with van der Waals surface area (Å²) in [6, 6.07) is -0.747. The maximum absolute atomic E-state index is 12.3. The van der Waals surface area contributed by atoms with Gasteiger partial charge in [0.05, 0.1) is 0 Å². The lowest BCUT2D eigenvalue weighted by Gasteiger charge is -2.24. The van der Waals surface area contributed by atoms with E-state index in [4.69, 9.17) is 0 Å². The van der Waals surface area contributed by atoms with Crippen LogP contribution in [0.2, 0.25) is 0 Å². The first kappa shape index (κ1) is 16.0. The van der Waals surface area contributed by atoms with Crippen molar-refractivity contribution < 1.29 is 14.7 Å². The SMILES string of the molecule is CC(C)C[C@H](NC(=O)C1CCCCCC1C)C(=O)O. The number of carboxylic acid groups (broad SMARTS) is 1. The van der Waals surface area contributed by atoms with Crippen LogP contribution in [0.1, 0.15) is 59.3 Å². The Morgan fingerprint density at radius 3 is 2.42 bits per heavy atom. The van der Waals surface area contributed by atoms with Gasteiger partial charge in [0.25, 0.3) is 0 Å². The topological polar surface area (TPSA) is 66.4 Å². The van der Waals surface area contributed by atoms with Crippen molar-refractivity contribution in [3.05, 3.63) is 0 Å². The predicted molar refractivity (Wildman–Crippen MR) is 74.8 cm³/mol. The molecule has 0 spiro atoms. The van der Waals surface area contributed by atoms with Gasteiger partial charge in [-0.2, -0.15) is 0 Å². The van der Waals surface area contributed by atoms with Crippen molar-refractivity contribution in [3.63, 3.8) is 0 Å². The molecule has 1 amide bonds. The maximum atomic E-state index is 12.3. The smallest absolute Gasteiger partial charge is 0.326 e. The third-order valence-electron chi connectivity index (χ3n) is 4.02. The molecule has 1 fully saturated rings. The molecule has 19 heavy (non-hydrogen) atoms. The number of carbonyl (C=O) groups excluding carboxylic acids is 1. The molecule has 0 saturated heterocycles. The molecule has 110 valence electrons. The molecule has 0 heterocycles. The van der Waals surface area contributed by atoms with Gasteiger partial charge < -0.3 is 10.4 Å². The molecule has 0 aromatic carbocycles. The molecule has 0 radical (unpaired) electrons. The molecule has 2 N–H and O–H groups in total. The predicted octanol–water partition coefficient (Wildman–Crippen LogP) is 2.82. The van der Waals surface area contributed by atoms with Gasteiger partial charge in [-0.1, -0.05) is 40.0 Å². The zero-order chi connectivity index (χ0) is 14.4. The highest BCUT2D eigenvalue weighted by atomic mass is 16.4. The van der Waals surface area contributed by atoms with Crippen molar-refractivity contribution in [1.82, 2.24) is 5.32 Å². The number of carboxylic acids is 1. The first-order valence-electron chi connectivity index (χ1n) is 7.45. The second-order valence-electron chi connectivity index (χ2n) is 6.25. The van der Waals surface area contributed by atoms with Gasteiger partial charge >= 0.3 is 5.97 Å². The number of carbonyl (C=O) groups is 2. The van der Waals surface area contributed by atoms with E-state index in [2.05, 4.69) is 12.2 Å². The average molecular weight is 269 g/mol. The summed E-state index contributed by atoms with van der Waals surface area (Å²) < 4.78 is 0. The molecule has 4 heteroatoms. The van der Waals surface area contributed by atoms with E-state index in [1.54, 1.807) is 0 Å². The molecule has 2 unspecified atom stereocenters. The van der Waals surface area contributed by atoms with Gasteiger partial charge in [-0.05, 0) is 31.1 Å². The van der Waals surface area contributed by atoms with E-state index in [0.29, 0.717) is 12.3 Å². The third-order valence-corrected chi connectivity index (χ3v) is 4.02. The van der Waals surface area contributed by atoms with Crippen LogP contribution in [0.15, 0.2) is 0 Å². The summed E-state index contributed by atoms with van der Waals surface area (Å²) >= 11 is 0. The van der Waals surface area contributed by atoms with Crippen molar-refractivity contribution in [2.24, 2.45) is 17.8 Å².